The van der Waals surface area contributed by atoms with Gasteiger partial charge in [-0.1, -0.05) is 0 Å². The summed E-state index contributed by atoms with van der Waals surface area (Å²) < 4.78 is 5.05. The highest BCUT2D eigenvalue weighted by atomic mass is 16.5. The number of ether oxygens (including phenoxy) is 1. The van der Waals surface area contributed by atoms with E-state index in [1.165, 1.54) is 0 Å². The molecule has 0 radical (unpaired) electrons. The van der Waals surface area contributed by atoms with Crippen molar-refractivity contribution in [3.05, 3.63) is 29.8 Å². The number of anilines is 1. The lowest BCUT2D eigenvalue weighted by Crippen LogP contribution is -1.90. The Morgan fingerprint density at radius 1 is 1.38 bits per heavy atom. The number of nitrogens with two attached hydrogens (primary N) is 1. The zero-order valence-corrected chi connectivity index (χ0v) is 8.73. The maximum Gasteiger partial charge on any atom is 0.156 e. The van der Waals surface area contributed by atoms with Crippen LogP contribution in [-0.4, -0.2) is 23.6 Å². The summed E-state index contributed by atoms with van der Waals surface area (Å²) in [5, 5.41) is 6.53. The summed E-state index contributed by atoms with van der Waals surface area (Å²) in [6.45, 7) is 0. The summed E-state index contributed by atoms with van der Waals surface area (Å²) in [5.74, 6) is 0.963. The molecule has 82 valence electrons. The quantitative estimate of drug-likeness (QED) is 0.763. The number of carbonyl (C=O) groups excluding carboxylic acids is 1. The molecule has 1 heterocycles. The van der Waals surface area contributed by atoms with E-state index in [1.54, 1.807) is 19.2 Å². The SMILES string of the molecule is COc1ccc(-c2[nH]nc(N)c2C=O)cc1. The predicted octanol–water partition coefficient (Wildman–Crippen LogP) is 1.48. The Balaban J connectivity index is 2.46. The molecule has 0 aliphatic rings. The summed E-state index contributed by atoms with van der Waals surface area (Å²) in [5.41, 5.74) is 7.39. The summed E-state index contributed by atoms with van der Waals surface area (Å²) in [4.78, 5) is 10.8. The maximum absolute atomic E-state index is 10.8. The molecular formula is C11H11N3O2. The van der Waals surface area contributed by atoms with Crippen molar-refractivity contribution in [3.63, 3.8) is 0 Å². The third kappa shape index (κ3) is 1.63. The Bertz CT molecular complexity index is 502. The number of aromatic nitrogens is 2. The van der Waals surface area contributed by atoms with Gasteiger partial charge in [0.15, 0.2) is 12.1 Å². The normalized spacial score (nSPS) is 10.1. The van der Waals surface area contributed by atoms with E-state index >= 15 is 0 Å². The standard InChI is InChI=1S/C11H11N3O2/c1-16-8-4-2-7(3-5-8)10-9(6-15)11(12)14-13-10/h2-6H,1H3,(H3,12,13,14). The molecule has 0 unspecified atom stereocenters. The van der Waals surface area contributed by atoms with Crippen LogP contribution in [0.25, 0.3) is 11.3 Å². The molecule has 0 spiro atoms. The zero-order chi connectivity index (χ0) is 11.5. The van der Waals surface area contributed by atoms with E-state index in [1.807, 2.05) is 12.1 Å². The van der Waals surface area contributed by atoms with Crippen molar-refractivity contribution in [2.24, 2.45) is 0 Å². The van der Waals surface area contributed by atoms with Crippen molar-refractivity contribution in [3.8, 4) is 17.0 Å². The Labute approximate surface area is 92.2 Å². The van der Waals surface area contributed by atoms with Crippen LogP contribution in [0.15, 0.2) is 24.3 Å². The molecule has 0 bridgehead atoms. The average molecular weight is 217 g/mol. The Hall–Kier alpha value is -2.30. The fraction of sp³-hybridized carbons (Fsp3) is 0.0909. The van der Waals surface area contributed by atoms with E-state index in [9.17, 15) is 4.79 Å². The first-order valence-electron chi connectivity index (χ1n) is 4.69. The first kappa shape index (κ1) is 10.2. The second-order valence-corrected chi connectivity index (χ2v) is 3.24. The largest absolute Gasteiger partial charge is 0.497 e. The number of methoxy groups -OCH3 is 1. The topological polar surface area (TPSA) is 81.0 Å². The summed E-state index contributed by atoms with van der Waals surface area (Å²) in [7, 11) is 1.60. The molecule has 1 aromatic carbocycles. The number of nitrogens with one attached hydrogen (secondary N) is 1. The number of nitrogens with zero attached hydrogens (tertiary/aromatic N) is 1. The molecule has 5 nitrogen and oxygen atoms in total. The van der Waals surface area contributed by atoms with Crippen molar-refractivity contribution >= 4 is 12.1 Å². The van der Waals surface area contributed by atoms with Crippen LogP contribution in [-0.2, 0) is 0 Å². The van der Waals surface area contributed by atoms with E-state index in [0.29, 0.717) is 17.5 Å². The van der Waals surface area contributed by atoms with Crippen molar-refractivity contribution < 1.29 is 9.53 Å². The number of hydrogen-bond donors (Lipinski definition) is 2. The van der Waals surface area contributed by atoms with Gasteiger partial charge in [0.05, 0.1) is 18.4 Å². The molecule has 16 heavy (non-hydrogen) atoms. The van der Waals surface area contributed by atoms with E-state index in [2.05, 4.69) is 10.2 Å². The molecule has 2 aromatic rings. The Kier molecular flexibility index (Phi) is 2.59. The third-order valence-corrected chi connectivity index (χ3v) is 2.33. The van der Waals surface area contributed by atoms with Crippen molar-refractivity contribution in [1.82, 2.24) is 10.2 Å². The first-order valence-corrected chi connectivity index (χ1v) is 4.69. The number of aromatic amines is 1. The van der Waals surface area contributed by atoms with E-state index < -0.39 is 0 Å². The van der Waals surface area contributed by atoms with Crippen LogP contribution < -0.4 is 10.5 Å². The van der Waals surface area contributed by atoms with Crippen LogP contribution >= 0.6 is 0 Å². The van der Waals surface area contributed by atoms with Gasteiger partial charge >= 0.3 is 0 Å². The van der Waals surface area contributed by atoms with Crippen LogP contribution in [0.1, 0.15) is 10.4 Å². The van der Waals surface area contributed by atoms with Crippen LogP contribution in [0.4, 0.5) is 5.82 Å². The molecule has 0 aliphatic carbocycles. The smallest absolute Gasteiger partial charge is 0.156 e. The summed E-state index contributed by atoms with van der Waals surface area (Å²) >= 11 is 0. The number of benzene rings is 1. The molecule has 3 N–H and O–H groups in total. The minimum Gasteiger partial charge on any atom is -0.497 e. The number of hydrogen-bond acceptors (Lipinski definition) is 4. The van der Waals surface area contributed by atoms with E-state index in [0.717, 1.165) is 11.3 Å². The monoisotopic (exact) mass is 217 g/mol. The minimum absolute atomic E-state index is 0.209. The zero-order valence-electron chi connectivity index (χ0n) is 8.73. The lowest BCUT2D eigenvalue weighted by atomic mass is 10.1. The summed E-state index contributed by atoms with van der Waals surface area (Å²) in [6, 6.07) is 7.28. The molecule has 0 saturated heterocycles. The van der Waals surface area contributed by atoms with Gasteiger partial charge in [-0.15, -0.1) is 0 Å². The second-order valence-electron chi connectivity index (χ2n) is 3.24. The van der Waals surface area contributed by atoms with Gasteiger partial charge in [0.1, 0.15) is 5.75 Å². The van der Waals surface area contributed by atoms with Crippen LogP contribution in [0, 0.1) is 0 Å². The van der Waals surface area contributed by atoms with Gasteiger partial charge in [0, 0.05) is 5.56 Å². The first-order chi connectivity index (χ1) is 7.76. The molecule has 0 aliphatic heterocycles. The number of rotatable bonds is 3. The highest BCUT2D eigenvalue weighted by molar-refractivity contribution is 5.91. The highest BCUT2D eigenvalue weighted by Gasteiger charge is 2.11. The lowest BCUT2D eigenvalue weighted by molar-refractivity contribution is 0.112. The van der Waals surface area contributed by atoms with Crippen molar-refractivity contribution in [2.45, 2.75) is 0 Å². The molecule has 2 rings (SSSR count). The van der Waals surface area contributed by atoms with Crippen LogP contribution in [0.2, 0.25) is 0 Å². The molecule has 0 saturated carbocycles. The van der Waals surface area contributed by atoms with Gasteiger partial charge in [-0.2, -0.15) is 5.10 Å². The Morgan fingerprint density at radius 2 is 2.06 bits per heavy atom. The van der Waals surface area contributed by atoms with Gasteiger partial charge < -0.3 is 10.5 Å². The molecule has 0 fully saturated rings. The minimum atomic E-state index is 0.209. The number of nitrogen functional groups attached to an aromatic ring is 1. The highest BCUT2D eigenvalue weighted by Crippen LogP contribution is 2.25. The van der Waals surface area contributed by atoms with Crippen LogP contribution in [0.3, 0.4) is 0 Å². The van der Waals surface area contributed by atoms with Crippen molar-refractivity contribution in [2.75, 3.05) is 12.8 Å². The molecule has 0 amide bonds. The molecule has 5 heteroatoms. The fourth-order valence-electron chi connectivity index (χ4n) is 1.46. The van der Waals surface area contributed by atoms with Gasteiger partial charge in [0.25, 0.3) is 0 Å². The molecule has 1 aromatic heterocycles. The average Bonchev–Trinajstić information content (AvgIpc) is 2.70. The van der Waals surface area contributed by atoms with Gasteiger partial charge in [-0.25, -0.2) is 0 Å². The third-order valence-electron chi connectivity index (χ3n) is 2.33. The molecular weight excluding hydrogens is 206 g/mol. The fourth-order valence-corrected chi connectivity index (χ4v) is 1.46. The summed E-state index contributed by atoms with van der Waals surface area (Å²) in [6.07, 6.45) is 0.693. The van der Waals surface area contributed by atoms with Gasteiger partial charge in [-0.3, -0.25) is 9.89 Å². The van der Waals surface area contributed by atoms with Gasteiger partial charge in [-0.05, 0) is 24.3 Å². The number of H-pyrrole nitrogens is 1. The van der Waals surface area contributed by atoms with Gasteiger partial charge in [0.2, 0.25) is 0 Å². The number of carbonyl (C=O) groups is 1. The lowest BCUT2D eigenvalue weighted by Gasteiger charge is -2.01. The van der Waals surface area contributed by atoms with E-state index in [-0.39, 0.29) is 5.82 Å². The van der Waals surface area contributed by atoms with Crippen molar-refractivity contribution in [1.29, 1.82) is 0 Å². The maximum atomic E-state index is 10.8. The second kappa shape index (κ2) is 4.06. The number of aldehydes is 1. The van der Waals surface area contributed by atoms with Crippen LogP contribution in [0.5, 0.6) is 5.75 Å². The van der Waals surface area contributed by atoms with E-state index in [4.69, 9.17) is 10.5 Å². The predicted molar refractivity (Wildman–Crippen MR) is 60.4 cm³/mol. The molecule has 0 atom stereocenters. The Morgan fingerprint density at radius 3 is 2.62 bits per heavy atom.